The van der Waals surface area contributed by atoms with Crippen molar-refractivity contribution in [3.8, 4) is 0 Å². The fraction of sp³-hybridized carbons (Fsp3) is 0.500. The summed E-state index contributed by atoms with van der Waals surface area (Å²) in [7, 11) is 0. The summed E-state index contributed by atoms with van der Waals surface area (Å²) in [6, 6.07) is 9.68. The van der Waals surface area contributed by atoms with E-state index in [1.54, 1.807) is 0 Å². The van der Waals surface area contributed by atoms with Crippen LogP contribution in [0.1, 0.15) is 50.4 Å². The number of hydrogen-bond acceptors (Lipinski definition) is 1. The van der Waals surface area contributed by atoms with Crippen molar-refractivity contribution in [2.75, 3.05) is 0 Å². The van der Waals surface area contributed by atoms with Crippen LogP contribution >= 0.6 is 0 Å². The second-order valence-corrected chi connectivity index (χ2v) is 6.12. The molecule has 1 aromatic rings. The maximum absolute atomic E-state index is 12.4. The van der Waals surface area contributed by atoms with Gasteiger partial charge in [0.25, 0.3) is 0 Å². The minimum atomic E-state index is 0.280. The molecule has 0 spiro atoms. The van der Waals surface area contributed by atoms with Gasteiger partial charge in [0, 0.05) is 12.0 Å². The zero-order valence-corrected chi connectivity index (χ0v) is 12.2. The molecule has 1 aromatic carbocycles. The molecule has 0 bridgehead atoms. The van der Waals surface area contributed by atoms with Gasteiger partial charge in [-0.2, -0.15) is 0 Å². The number of carbonyl (C=O) groups is 1. The molecule has 0 fully saturated rings. The monoisotopic (exact) mass is 256 g/mol. The highest BCUT2D eigenvalue weighted by molar-refractivity contribution is 5.96. The van der Waals surface area contributed by atoms with Crippen LogP contribution in [0.15, 0.2) is 42.0 Å². The van der Waals surface area contributed by atoms with E-state index >= 15 is 0 Å². The molecule has 2 unspecified atom stereocenters. The van der Waals surface area contributed by atoms with Crippen molar-refractivity contribution < 1.29 is 4.79 Å². The van der Waals surface area contributed by atoms with Crippen molar-refractivity contribution in [3.63, 3.8) is 0 Å². The minimum Gasteiger partial charge on any atom is -0.294 e. The fourth-order valence-electron chi connectivity index (χ4n) is 3.17. The first-order chi connectivity index (χ1) is 9.08. The lowest BCUT2D eigenvalue weighted by Gasteiger charge is -2.32. The van der Waals surface area contributed by atoms with Crippen molar-refractivity contribution in [1.82, 2.24) is 0 Å². The number of Topliss-reactive ketones (excluding diaryl/α,β-unsaturated/α-hetero) is 1. The summed E-state index contributed by atoms with van der Waals surface area (Å²) in [6.07, 6.45) is 5.42. The Bertz CT molecular complexity index is 456. The second-order valence-electron chi connectivity index (χ2n) is 6.12. The quantitative estimate of drug-likeness (QED) is 0.554. The molecular weight excluding hydrogens is 232 g/mol. The molecule has 19 heavy (non-hydrogen) atoms. The number of rotatable bonds is 4. The number of hydrogen-bond donors (Lipinski definition) is 0. The lowest BCUT2D eigenvalue weighted by Crippen LogP contribution is -2.24. The molecule has 0 saturated carbocycles. The molecule has 1 aliphatic rings. The summed E-state index contributed by atoms with van der Waals surface area (Å²) >= 11 is 0. The Morgan fingerprint density at radius 1 is 1.26 bits per heavy atom. The van der Waals surface area contributed by atoms with E-state index in [0.29, 0.717) is 24.2 Å². The van der Waals surface area contributed by atoms with E-state index in [0.717, 1.165) is 5.56 Å². The van der Waals surface area contributed by atoms with Gasteiger partial charge >= 0.3 is 0 Å². The van der Waals surface area contributed by atoms with Gasteiger partial charge in [0.05, 0.1) is 0 Å². The van der Waals surface area contributed by atoms with Gasteiger partial charge in [0.2, 0.25) is 0 Å². The normalized spacial score (nSPS) is 23.3. The number of ketones is 1. The van der Waals surface area contributed by atoms with Crippen LogP contribution in [0, 0.1) is 17.8 Å². The summed E-state index contributed by atoms with van der Waals surface area (Å²) in [6.45, 7) is 6.74. The molecule has 0 aromatic heterocycles. The Labute approximate surface area is 116 Å². The van der Waals surface area contributed by atoms with Crippen molar-refractivity contribution in [1.29, 1.82) is 0 Å². The van der Waals surface area contributed by atoms with E-state index in [4.69, 9.17) is 0 Å². The SMILES string of the molecule is CC1=CC(CC(=O)c2ccccc2)C(C(C)C)CC1. The Hall–Kier alpha value is -1.37. The fourth-order valence-corrected chi connectivity index (χ4v) is 3.17. The lowest BCUT2D eigenvalue weighted by molar-refractivity contribution is 0.0943. The van der Waals surface area contributed by atoms with Crippen LogP contribution in [-0.2, 0) is 0 Å². The van der Waals surface area contributed by atoms with E-state index in [1.165, 1.54) is 18.4 Å². The zero-order chi connectivity index (χ0) is 13.8. The average Bonchev–Trinajstić information content (AvgIpc) is 2.39. The lowest BCUT2D eigenvalue weighted by atomic mass is 9.73. The molecule has 1 nitrogen and oxygen atoms in total. The first-order valence-electron chi connectivity index (χ1n) is 7.33. The third-order valence-electron chi connectivity index (χ3n) is 4.29. The van der Waals surface area contributed by atoms with Gasteiger partial charge in [0.15, 0.2) is 5.78 Å². The summed E-state index contributed by atoms with van der Waals surface area (Å²) in [5.74, 6) is 2.00. The largest absolute Gasteiger partial charge is 0.294 e. The van der Waals surface area contributed by atoms with E-state index in [9.17, 15) is 4.79 Å². The van der Waals surface area contributed by atoms with Gasteiger partial charge in [-0.25, -0.2) is 0 Å². The van der Waals surface area contributed by atoms with Crippen molar-refractivity contribution >= 4 is 5.78 Å². The molecule has 2 atom stereocenters. The number of benzene rings is 1. The molecule has 0 saturated heterocycles. The molecule has 2 rings (SSSR count). The van der Waals surface area contributed by atoms with Gasteiger partial charge < -0.3 is 0 Å². The van der Waals surface area contributed by atoms with E-state index < -0.39 is 0 Å². The van der Waals surface area contributed by atoms with Gasteiger partial charge in [0.1, 0.15) is 0 Å². The molecule has 0 radical (unpaired) electrons. The van der Waals surface area contributed by atoms with Crippen LogP contribution in [0.3, 0.4) is 0 Å². The average molecular weight is 256 g/mol. The first-order valence-corrected chi connectivity index (χ1v) is 7.33. The van der Waals surface area contributed by atoms with E-state index in [1.807, 2.05) is 30.3 Å². The van der Waals surface area contributed by atoms with Crippen LogP contribution in [0.25, 0.3) is 0 Å². The van der Waals surface area contributed by atoms with Gasteiger partial charge in [-0.05, 0) is 37.5 Å². The predicted molar refractivity (Wildman–Crippen MR) is 80.2 cm³/mol. The highest BCUT2D eigenvalue weighted by Crippen LogP contribution is 2.36. The molecule has 0 heterocycles. The van der Waals surface area contributed by atoms with Crippen molar-refractivity contribution in [2.45, 2.75) is 40.0 Å². The van der Waals surface area contributed by atoms with Gasteiger partial charge in [-0.1, -0.05) is 55.8 Å². The second kappa shape index (κ2) is 6.18. The van der Waals surface area contributed by atoms with E-state index in [2.05, 4.69) is 26.8 Å². The van der Waals surface area contributed by atoms with Crippen LogP contribution in [-0.4, -0.2) is 5.78 Å². The molecule has 1 aliphatic carbocycles. The summed E-state index contributed by atoms with van der Waals surface area (Å²) < 4.78 is 0. The maximum atomic E-state index is 12.4. The highest BCUT2D eigenvalue weighted by atomic mass is 16.1. The van der Waals surface area contributed by atoms with Crippen LogP contribution in [0.5, 0.6) is 0 Å². The zero-order valence-electron chi connectivity index (χ0n) is 12.2. The topological polar surface area (TPSA) is 17.1 Å². The predicted octanol–water partition coefficient (Wildman–Crippen LogP) is 4.89. The maximum Gasteiger partial charge on any atom is 0.163 e. The Morgan fingerprint density at radius 2 is 1.95 bits per heavy atom. The third-order valence-corrected chi connectivity index (χ3v) is 4.29. The molecule has 0 aliphatic heterocycles. The smallest absolute Gasteiger partial charge is 0.163 e. The molecular formula is C18H24O. The standard InChI is InChI=1S/C18H24O/c1-13(2)17-10-9-14(3)11-16(17)12-18(19)15-7-5-4-6-8-15/h4-8,11,13,16-17H,9-10,12H2,1-3H3. The highest BCUT2D eigenvalue weighted by Gasteiger charge is 2.28. The van der Waals surface area contributed by atoms with Crippen LogP contribution < -0.4 is 0 Å². The Kier molecular flexibility index (Phi) is 4.57. The van der Waals surface area contributed by atoms with E-state index in [-0.39, 0.29) is 5.78 Å². The van der Waals surface area contributed by atoms with Gasteiger partial charge in [-0.3, -0.25) is 4.79 Å². The van der Waals surface area contributed by atoms with Crippen LogP contribution in [0.4, 0.5) is 0 Å². The Balaban J connectivity index is 2.11. The van der Waals surface area contributed by atoms with Crippen molar-refractivity contribution in [3.05, 3.63) is 47.5 Å². The molecule has 1 heteroatoms. The van der Waals surface area contributed by atoms with Crippen LogP contribution in [0.2, 0.25) is 0 Å². The third kappa shape index (κ3) is 3.56. The van der Waals surface area contributed by atoms with Gasteiger partial charge in [-0.15, -0.1) is 0 Å². The minimum absolute atomic E-state index is 0.280. The van der Waals surface area contributed by atoms with Crippen molar-refractivity contribution in [2.24, 2.45) is 17.8 Å². The summed E-state index contributed by atoms with van der Waals surface area (Å²) in [4.78, 5) is 12.4. The molecule has 0 N–H and O–H groups in total. The number of carbonyl (C=O) groups excluding carboxylic acids is 1. The Morgan fingerprint density at radius 3 is 2.58 bits per heavy atom. The molecule has 0 amide bonds. The summed E-state index contributed by atoms with van der Waals surface area (Å²) in [5, 5.41) is 0. The first kappa shape index (κ1) is 14.0. The summed E-state index contributed by atoms with van der Waals surface area (Å²) in [5.41, 5.74) is 2.30. The number of allylic oxidation sites excluding steroid dienone is 2. The molecule has 102 valence electrons.